The van der Waals surface area contributed by atoms with E-state index in [9.17, 15) is 9.90 Å². The van der Waals surface area contributed by atoms with Gasteiger partial charge in [0.1, 0.15) is 11.5 Å². The van der Waals surface area contributed by atoms with Crippen LogP contribution >= 0.6 is 12.4 Å². The summed E-state index contributed by atoms with van der Waals surface area (Å²) in [7, 11) is 3.20. The summed E-state index contributed by atoms with van der Waals surface area (Å²) in [5.41, 5.74) is 1.48. The molecule has 5 nitrogen and oxygen atoms in total. The fourth-order valence-electron chi connectivity index (χ4n) is 2.83. The second kappa shape index (κ2) is 10.8. The van der Waals surface area contributed by atoms with Crippen molar-refractivity contribution < 1.29 is 19.4 Å². The van der Waals surface area contributed by atoms with Gasteiger partial charge in [-0.15, -0.1) is 12.4 Å². The number of Topliss-reactive ketones (excluding diaryl/α,β-unsaturated/α-hetero) is 1. The Morgan fingerprint density at radius 2 is 1.50 bits per heavy atom. The predicted molar refractivity (Wildman–Crippen MR) is 105 cm³/mol. The highest BCUT2D eigenvalue weighted by molar-refractivity contribution is 6.00. The zero-order valence-electron chi connectivity index (χ0n) is 15.3. The minimum atomic E-state index is -0.462. The second-order valence-electron chi connectivity index (χ2n) is 5.62. The normalized spacial score (nSPS) is 11.6. The molecule has 2 aromatic rings. The van der Waals surface area contributed by atoms with Crippen LogP contribution in [0.25, 0.3) is 0 Å². The Hall–Kier alpha value is -2.08. The Labute approximate surface area is 161 Å². The molecule has 0 spiro atoms. The molecule has 1 N–H and O–H groups in total. The molecule has 142 valence electrons. The van der Waals surface area contributed by atoms with Crippen molar-refractivity contribution in [2.45, 2.75) is 13.0 Å². The number of hydrogen-bond acceptors (Lipinski definition) is 5. The summed E-state index contributed by atoms with van der Waals surface area (Å²) in [4.78, 5) is 15.1. The van der Waals surface area contributed by atoms with E-state index in [1.165, 1.54) is 0 Å². The van der Waals surface area contributed by atoms with Gasteiger partial charge in [-0.1, -0.05) is 19.1 Å². The first-order chi connectivity index (χ1) is 12.1. The summed E-state index contributed by atoms with van der Waals surface area (Å²) >= 11 is 0. The summed E-state index contributed by atoms with van der Waals surface area (Å²) in [5, 5.41) is 9.38. The van der Waals surface area contributed by atoms with E-state index in [1.807, 2.05) is 36.1 Å². The van der Waals surface area contributed by atoms with Crippen molar-refractivity contribution in [1.82, 2.24) is 4.90 Å². The number of hydrogen-bond donors (Lipinski definition) is 1. The predicted octanol–water partition coefficient (Wildman–Crippen LogP) is 3.36. The van der Waals surface area contributed by atoms with Crippen LogP contribution in [0, 0.1) is 0 Å². The van der Waals surface area contributed by atoms with Gasteiger partial charge in [-0.3, -0.25) is 9.69 Å². The number of methoxy groups -OCH3 is 2. The number of aliphatic hydroxyl groups is 1. The average Bonchev–Trinajstić information content (AvgIpc) is 2.68. The Morgan fingerprint density at radius 1 is 1.00 bits per heavy atom. The minimum Gasteiger partial charge on any atom is -0.497 e. The van der Waals surface area contributed by atoms with Crippen LogP contribution < -0.4 is 9.47 Å². The largest absolute Gasteiger partial charge is 0.497 e. The highest BCUT2D eigenvalue weighted by Crippen LogP contribution is 2.27. The van der Waals surface area contributed by atoms with Gasteiger partial charge in [-0.2, -0.15) is 0 Å². The quantitative estimate of drug-likeness (QED) is 0.677. The average molecular weight is 380 g/mol. The van der Waals surface area contributed by atoms with Crippen molar-refractivity contribution >= 4 is 18.2 Å². The number of benzene rings is 2. The molecule has 2 rings (SSSR count). The third-order valence-electron chi connectivity index (χ3n) is 4.21. The topological polar surface area (TPSA) is 59.0 Å². The molecule has 0 radical (unpaired) electrons. The number of halogens is 1. The first kappa shape index (κ1) is 22.0. The third-order valence-corrected chi connectivity index (χ3v) is 4.21. The highest BCUT2D eigenvalue weighted by Gasteiger charge is 2.27. The summed E-state index contributed by atoms with van der Waals surface area (Å²) < 4.78 is 10.4. The first-order valence-electron chi connectivity index (χ1n) is 8.31. The first-order valence-corrected chi connectivity index (χ1v) is 8.31. The number of aliphatic hydroxyl groups excluding tert-OH is 1. The summed E-state index contributed by atoms with van der Waals surface area (Å²) in [6.45, 7) is 3.05. The molecule has 0 saturated carbocycles. The molecule has 2 aromatic carbocycles. The maximum absolute atomic E-state index is 13.2. The molecule has 6 heteroatoms. The fraction of sp³-hybridized carbons (Fsp3) is 0.350. The molecule has 0 heterocycles. The Bertz CT molecular complexity index is 673. The van der Waals surface area contributed by atoms with Crippen molar-refractivity contribution in [3.63, 3.8) is 0 Å². The van der Waals surface area contributed by atoms with Gasteiger partial charge in [-0.05, 0) is 48.5 Å². The number of ketones is 1. The lowest BCUT2D eigenvalue weighted by Crippen LogP contribution is -2.36. The van der Waals surface area contributed by atoms with Crippen LogP contribution in [0.15, 0.2) is 48.5 Å². The van der Waals surface area contributed by atoms with Crippen molar-refractivity contribution in [3.8, 4) is 11.5 Å². The maximum Gasteiger partial charge on any atom is 0.184 e. The van der Waals surface area contributed by atoms with E-state index in [-0.39, 0.29) is 24.8 Å². The van der Waals surface area contributed by atoms with Gasteiger partial charge in [-0.25, -0.2) is 0 Å². The van der Waals surface area contributed by atoms with Crippen LogP contribution in [0.4, 0.5) is 0 Å². The molecule has 26 heavy (non-hydrogen) atoms. The fourth-order valence-corrected chi connectivity index (χ4v) is 2.83. The lowest BCUT2D eigenvalue weighted by Gasteiger charge is -2.29. The van der Waals surface area contributed by atoms with Crippen LogP contribution in [0.2, 0.25) is 0 Å². The van der Waals surface area contributed by atoms with E-state index in [1.54, 1.807) is 38.5 Å². The third kappa shape index (κ3) is 5.21. The van der Waals surface area contributed by atoms with Gasteiger partial charge in [0.15, 0.2) is 5.78 Å². The van der Waals surface area contributed by atoms with Crippen LogP contribution in [0.5, 0.6) is 11.5 Å². The van der Waals surface area contributed by atoms with Crippen LogP contribution in [0.3, 0.4) is 0 Å². The second-order valence-corrected chi connectivity index (χ2v) is 5.62. The Balaban J connectivity index is 0.00000338. The smallest absolute Gasteiger partial charge is 0.184 e. The van der Waals surface area contributed by atoms with E-state index in [2.05, 4.69) is 0 Å². The molecule has 1 atom stereocenters. The number of carbonyl (C=O) groups excluding carboxylic acids is 1. The van der Waals surface area contributed by atoms with Gasteiger partial charge in [0, 0.05) is 12.1 Å². The number of rotatable bonds is 9. The molecular formula is C20H26ClNO4. The molecule has 0 aliphatic rings. The molecule has 1 unspecified atom stereocenters. The number of nitrogens with zero attached hydrogens (tertiary/aromatic N) is 1. The maximum atomic E-state index is 13.2. The molecule has 0 fully saturated rings. The van der Waals surface area contributed by atoms with Crippen LogP contribution in [-0.2, 0) is 0 Å². The van der Waals surface area contributed by atoms with Crippen molar-refractivity contribution in [3.05, 3.63) is 59.7 Å². The summed E-state index contributed by atoms with van der Waals surface area (Å²) in [5.74, 6) is 1.44. The van der Waals surface area contributed by atoms with Crippen LogP contribution in [0.1, 0.15) is 28.9 Å². The molecule has 0 saturated heterocycles. The van der Waals surface area contributed by atoms with Gasteiger partial charge in [0.25, 0.3) is 0 Å². The Morgan fingerprint density at radius 3 is 1.92 bits per heavy atom. The molecule has 0 aliphatic heterocycles. The van der Waals surface area contributed by atoms with Gasteiger partial charge >= 0.3 is 0 Å². The van der Waals surface area contributed by atoms with Gasteiger partial charge in [0.05, 0.1) is 26.9 Å². The molecule has 0 bridgehead atoms. The zero-order valence-corrected chi connectivity index (χ0v) is 16.2. The lowest BCUT2D eigenvalue weighted by atomic mass is 9.95. The Kier molecular flexibility index (Phi) is 9.13. The molecular weight excluding hydrogens is 354 g/mol. The van der Waals surface area contributed by atoms with E-state index in [0.29, 0.717) is 24.4 Å². The molecule has 0 aliphatic carbocycles. The van der Waals surface area contributed by atoms with Gasteiger partial charge < -0.3 is 14.6 Å². The van der Waals surface area contributed by atoms with E-state index >= 15 is 0 Å². The molecule has 0 aromatic heterocycles. The standard InChI is InChI=1S/C20H25NO4.ClH/c1-4-21(13-14-22)19(15-5-9-17(24-2)10-6-15)20(23)16-7-11-18(25-3)12-8-16;/h5-12,19,22H,4,13-14H2,1-3H3;1H. The van der Waals surface area contributed by atoms with E-state index in [4.69, 9.17) is 9.47 Å². The molecule has 0 amide bonds. The van der Waals surface area contributed by atoms with Crippen molar-refractivity contribution in [2.75, 3.05) is 33.9 Å². The lowest BCUT2D eigenvalue weighted by molar-refractivity contribution is 0.0792. The van der Waals surface area contributed by atoms with E-state index < -0.39 is 6.04 Å². The van der Waals surface area contributed by atoms with Gasteiger partial charge in [0.2, 0.25) is 0 Å². The highest BCUT2D eigenvalue weighted by atomic mass is 35.5. The zero-order chi connectivity index (χ0) is 18.2. The van der Waals surface area contributed by atoms with Crippen molar-refractivity contribution in [1.29, 1.82) is 0 Å². The van der Waals surface area contributed by atoms with Crippen LogP contribution in [-0.4, -0.2) is 49.7 Å². The number of carbonyl (C=O) groups is 1. The van der Waals surface area contributed by atoms with Crippen molar-refractivity contribution in [2.24, 2.45) is 0 Å². The number of likely N-dealkylation sites (N-methyl/N-ethyl adjacent to an activating group) is 1. The monoisotopic (exact) mass is 379 g/mol. The van der Waals surface area contributed by atoms with E-state index in [0.717, 1.165) is 11.3 Å². The summed E-state index contributed by atoms with van der Waals surface area (Å²) in [6, 6.07) is 14.1. The SMILES string of the molecule is CCN(CCO)C(C(=O)c1ccc(OC)cc1)c1ccc(OC)cc1.Cl. The number of ether oxygens (including phenoxy) is 2. The summed E-state index contributed by atoms with van der Waals surface area (Å²) in [6.07, 6.45) is 0. The minimum absolute atomic E-state index is 0.